The van der Waals surface area contributed by atoms with Crippen molar-refractivity contribution in [2.45, 2.75) is 0 Å². The van der Waals surface area contributed by atoms with Gasteiger partial charge < -0.3 is 0 Å². The van der Waals surface area contributed by atoms with Gasteiger partial charge in [-0.2, -0.15) is 5.10 Å². The van der Waals surface area contributed by atoms with Crippen LogP contribution in [0.15, 0.2) is 42.0 Å². The summed E-state index contributed by atoms with van der Waals surface area (Å²) >= 11 is 3.21. The molecular formula is C14H10N4S2. The minimum atomic E-state index is 0.899. The van der Waals surface area contributed by atoms with Crippen LogP contribution in [-0.2, 0) is 7.05 Å². The van der Waals surface area contributed by atoms with Gasteiger partial charge in [-0.3, -0.25) is 4.68 Å². The molecule has 0 aliphatic carbocycles. The van der Waals surface area contributed by atoms with Crippen molar-refractivity contribution in [3.8, 4) is 21.8 Å². The van der Waals surface area contributed by atoms with Gasteiger partial charge in [-0.1, -0.05) is 0 Å². The molecule has 0 atom stereocenters. The van der Waals surface area contributed by atoms with Gasteiger partial charge in [-0.15, -0.1) is 11.3 Å². The average molecular weight is 298 g/mol. The van der Waals surface area contributed by atoms with E-state index >= 15 is 0 Å². The molecule has 0 aliphatic rings. The maximum Gasteiger partial charge on any atom is 0.111 e. The van der Waals surface area contributed by atoms with Crippen molar-refractivity contribution in [3.05, 3.63) is 42.0 Å². The predicted molar refractivity (Wildman–Crippen MR) is 82.9 cm³/mol. The molecule has 0 radical (unpaired) electrons. The molecule has 98 valence electrons. The lowest BCUT2D eigenvalue weighted by Crippen LogP contribution is -1.89. The highest BCUT2D eigenvalue weighted by molar-refractivity contribution is 7.18. The summed E-state index contributed by atoms with van der Waals surface area (Å²) in [4.78, 5) is 5.94. The van der Waals surface area contributed by atoms with Crippen molar-refractivity contribution in [2.75, 3.05) is 0 Å². The Balaban J connectivity index is 1.92. The van der Waals surface area contributed by atoms with Crippen LogP contribution in [0.2, 0.25) is 0 Å². The van der Waals surface area contributed by atoms with Gasteiger partial charge >= 0.3 is 0 Å². The first-order valence-corrected chi connectivity index (χ1v) is 7.76. The van der Waals surface area contributed by atoms with E-state index in [2.05, 4.69) is 20.9 Å². The quantitative estimate of drug-likeness (QED) is 0.565. The first-order chi connectivity index (χ1) is 9.81. The standard InChI is InChI=1S/C14H10N4S2/c1-18-7-5-11(17-18)10-2-3-13-14(16-10)9(8-19-13)12-4-6-15-20-12/h2-8H,1H3. The van der Waals surface area contributed by atoms with Crippen LogP contribution in [-0.4, -0.2) is 19.1 Å². The molecule has 0 saturated carbocycles. The summed E-state index contributed by atoms with van der Waals surface area (Å²) in [6, 6.07) is 8.15. The molecule has 0 N–H and O–H groups in total. The zero-order valence-corrected chi connectivity index (χ0v) is 12.3. The van der Waals surface area contributed by atoms with E-state index in [1.165, 1.54) is 16.2 Å². The molecule has 6 heteroatoms. The maximum absolute atomic E-state index is 4.79. The molecule has 0 aliphatic heterocycles. The Morgan fingerprint density at radius 3 is 2.80 bits per heavy atom. The molecular weight excluding hydrogens is 288 g/mol. The number of pyridine rings is 1. The first kappa shape index (κ1) is 11.7. The summed E-state index contributed by atoms with van der Waals surface area (Å²) in [6.45, 7) is 0. The van der Waals surface area contributed by atoms with Gasteiger partial charge in [-0.25, -0.2) is 9.36 Å². The van der Waals surface area contributed by atoms with Crippen LogP contribution < -0.4 is 0 Å². The van der Waals surface area contributed by atoms with Crippen LogP contribution >= 0.6 is 22.9 Å². The van der Waals surface area contributed by atoms with E-state index in [0.29, 0.717) is 0 Å². The molecule has 4 rings (SSSR count). The zero-order chi connectivity index (χ0) is 13.5. The number of rotatable bonds is 2. The highest BCUT2D eigenvalue weighted by Gasteiger charge is 2.11. The molecule has 0 saturated heterocycles. The highest BCUT2D eigenvalue weighted by Crippen LogP contribution is 2.35. The average Bonchev–Trinajstić information content (AvgIpc) is 3.17. The van der Waals surface area contributed by atoms with Crippen LogP contribution in [0, 0.1) is 0 Å². The van der Waals surface area contributed by atoms with E-state index in [-0.39, 0.29) is 0 Å². The van der Waals surface area contributed by atoms with Crippen molar-refractivity contribution in [1.29, 1.82) is 0 Å². The lowest BCUT2D eigenvalue weighted by Gasteiger charge is -1.98. The fourth-order valence-corrected chi connectivity index (χ4v) is 3.72. The van der Waals surface area contributed by atoms with E-state index in [1.807, 2.05) is 37.6 Å². The van der Waals surface area contributed by atoms with Crippen molar-refractivity contribution in [1.82, 2.24) is 19.1 Å². The van der Waals surface area contributed by atoms with Gasteiger partial charge in [0.2, 0.25) is 0 Å². The fourth-order valence-electron chi connectivity index (χ4n) is 2.14. The third-order valence-corrected chi connectivity index (χ3v) is 4.81. The molecule has 0 spiro atoms. The van der Waals surface area contributed by atoms with Gasteiger partial charge in [-0.05, 0) is 35.8 Å². The van der Waals surface area contributed by atoms with E-state index in [4.69, 9.17) is 4.98 Å². The van der Waals surface area contributed by atoms with Crippen LogP contribution in [0.1, 0.15) is 0 Å². The second kappa shape index (κ2) is 4.50. The van der Waals surface area contributed by atoms with Gasteiger partial charge in [0, 0.05) is 30.4 Å². The Morgan fingerprint density at radius 1 is 1.10 bits per heavy atom. The second-order valence-corrected chi connectivity index (χ2v) is 6.19. The van der Waals surface area contributed by atoms with E-state index < -0.39 is 0 Å². The Bertz CT molecular complexity index is 874. The lowest BCUT2D eigenvalue weighted by molar-refractivity contribution is 0.770. The van der Waals surface area contributed by atoms with Crippen molar-refractivity contribution in [3.63, 3.8) is 0 Å². The summed E-state index contributed by atoms with van der Waals surface area (Å²) in [6.07, 6.45) is 3.75. The molecule has 0 amide bonds. The number of aryl methyl sites for hydroxylation is 1. The van der Waals surface area contributed by atoms with Gasteiger partial charge in [0.25, 0.3) is 0 Å². The maximum atomic E-state index is 4.79. The Morgan fingerprint density at radius 2 is 2.05 bits per heavy atom. The van der Waals surface area contributed by atoms with Crippen molar-refractivity contribution in [2.24, 2.45) is 7.05 Å². The SMILES string of the molecule is Cn1ccc(-c2ccc3scc(-c4ccns4)c3n2)n1. The monoisotopic (exact) mass is 298 g/mol. The molecule has 4 heterocycles. The summed E-state index contributed by atoms with van der Waals surface area (Å²) in [7, 11) is 1.91. The summed E-state index contributed by atoms with van der Waals surface area (Å²) in [5.41, 5.74) is 3.99. The molecule has 20 heavy (non-hydrogen) atoms. The topological polar surface area (TPSA) is 43.6 Å². The lowest BCUT2D eigenvalue weighted by atomic mass is 10.2. The molecule has 4 nitrogen and oxygen atoms in total. The molecule has 0 fully saturated rings. The van der Waals surface area contributed by atoms with E-state index in [9.17, 15) is 0 Å². The number of nitrogens with zero attached hydrogens (tertiary/aromatic N) is 4. The Kier molecular flexibility index (Phi) is 2.64. The summed E-state index contributed by atoms with van der Waals surface area (Å²) < 4.78 is 7.15. The largest absolute Gasteiger partial charge is 0.275 e. The molecule has 4 aromatic rings. The highest BCUT2D eigenvalue weighted by atomic mass is 32.1. The van der Waals surface area contributed by atoms with E-state index in [0.717, 1.165) is 27.3 Å². The van der Waals surface area contributed by atoms with Crippen LogP contribution in [0.25, 0.3) is 32.0 Å². The number of hydrogen-bond donors (Lipinski definition) is 0. The number of hydrogen-bond acceptors (Lipinski definition) is 5. The molecule has 0 aromatic carbocycles. The van der Waals surface area contributed by atoms with E-state index in [1.54, 1.807) is 16.0 Å². The second-order valence-electron chi connectivity index (χ2n) is 4.44. The predicted octanol–water partition coefficient (Wildman–Crippen LogP) is 3.82. The minimum Gasteiger partial charge on any atom is -0.275 e. The third-order valence-electron chi connectivity index (χ3n) is 3.10. The summed E-state index contributed by atoms with van der Waals surface area (Å²) in [5, 5.41) is 6.56. The van der Waals surface area contributed by atoms with Gasteiger partial charge in [0.15, 0.2) is 0 Å². The number of thiophene rings is 1. The fraction of sp³-hybridized carbons (Fsp3) is 0.0714. The minimum absolute atomic E-state index is 0.899. The van der Waals surface area contributed by atoms with Crippen LogP contribution in [0.5, 0.6) is 0 Å². The number of fused-ring (bicyclic) bond motifs is 1. The summed E-state index contributed by atoms with van der Waals surface area (Å²) in [5.74, 6) is 0. The molecule has 0 unspecified atom stereocenters. The Hall–Kier alpha value is -2.05. The molecule has 0 bridgehead atoms. The van der Waals surface area contributed by atoms with Gasteiger partial charge in [0.1, 0.15) is 5.69 Å². The number of aromatic nitrogens is 4. The zero-order valence-electron chi connectivity index (χ0n) is 10.6. The van der Waals surface area contributed by atoms with Gasteiger partial charge in [0.05, 0.1) is 20.8 Å². The molecule has 4 aromatic heterocycles. The smallest absolute Gasteiger partial charge is 0.111 e. The first-order valence-electron chi connectivity index (χ1n) is 6.10. The van der Waals surface area contributed by atoms with Crippen LogP contribution in [0.3, 0.4) is 0 Å². The van der Waals surface area contributed by atoms with Crippen LogP contribution in [0.4, 0.5) is 0 Å². The van der Waals surface area contributed by atoms with Crippen molar-refractivity contribution >= 4 is 33.1 Å². The van der Waals surface area contributed by atoms with Crippen molar-refractivity contribution < 1.29 is 0 Å². The Labute approximate surface area is 123 Å². The third kappa shape index (κ3) is 1.85. The normalized spacial score (nSPS) is 11.2.